The highest BCUT2D eigenvalue weighted by atomic mass is 16.3. The van der Waals surface area contributed by atoms with Crippen LogP contribution in [-0.4, -0.2) is 5.11 Å². The van der Waals surface area contributed by atoms with Gasteiger partial charge in [-0.05, 0) is 24.5 Å². The summed E-state index contributed by atoms with van der Waals surface area (Å²) in [4.78, 5) is 0. The zero-order valence-corrected chi connectivity index (χ0v) is 17.8. The van der Waals surface area contributed by atoms with Gasteiger partial charge in [0, 0.05) is 0 Å². The van der Waals surface area contributed by atoms with Crippen LogP contribution in [0.1, 0.15) is 115 Å². The predicted octanol–water partition coefficient (Wildman–Crippen LogP) is 7.36. The summed E-state index contributed by atoms with van der Waals surface area (Å²) >= 11 is 0. The quantitative estimate of drug-likeness (QED) is 0.151. The fraction of sp³-hybridized carbons (Fsp3) is 0.750. The molecule has 0 radical (unpaired) electrons. The minimum atomic E-state index is 0.0454. The van der Waals surface area contributed by atoms with Crippen LogP contribution in [0.5, 0.6) is 5.75 Å². The number of hydrogen-bond acceptors (Lipinski definition) is 3. The zero-order valence-electron chi connectivity index (χ0n) is 17.8. The fourth-order valence-electron chi connectivity index (χ4n) is 3.75. The van der Waals surface area contributed by atoms with Crippen LogP contribution in [-0.2, 0) is 6.42 Å². The number of benzene rings is 1. The molecular formula is C24H44N2O. The second-order valence-corrected chi connectivity index (χ2v) is 8.13. The lowest BCUT2D eigenvalue weighted by Crippen LogP contribution is -1.98. The standard InChI is InChI=1S/C24H44N2O/c1-2-3-4-5-6-7-8-9-10-11-12-13-14-15-16-17-18-21-19-20-22(25)24(27)23(21)26/h19-20,27H,2-18,25-26H2,1H3. The van der Waals surface area contributed by atoms with Crippen LogP contribution in [0.15, 0.2) is 12.1 Å². The van der Waals surface area contributed by atoms with Gasteiger partial charge in [0.15, 0.2) is 5.75 Å². The molecule has 27 heavy (non-hydrogen) atoms. The van der Waals surface area contributed by atoms with E-state index < -0.39 is 0 Å². The van der Waals surface area contributed by atoms with Gasteiger partial charge in [0.05, 0.1) is 11.4 Å². The molecule has 0 aliphatic heterocycles. The third-order valence-corrected chi connectivity index (χ3v) is 5.64. The molecule has 0 bridgehead atoms. The molecular weight excluding hydrogens is 332 g/mol. The van der Waals surface area contributed by atoms with Gasteiger partial charge in [-0.25, -0.2) is 0 Å². The second kappa shape index (κ2) is 15.7. The zero-order chi connectivity index (χ0) is 19.7. The van der Waals surface area contributed by atoms with Crippen LogP contribution in [0.25, 0.3) is 0 Å². The van der Waals surface area contributed by atoms with E-state index in [9.17, 15) is 5.11 Å². The molecule has 0 saturated heterocycles. The summed E-state index contributed by atoms with van der Waals surface area (Å²) < 4.78 is 0. The molecule has 156 valence electrons. The number of hydrogen-bond donors (Lipinski definition) is 3. The largest absolute Gasteiger partial charge is 0.504 e. The van der Waals surface area contributed by atoms with Crippen LogP contribution in [0.2, 0.25) is 0 Å². The summed E-state index contributed by atoms with van der Waals surface area (Å²) in [6, 6.07) is 3.68. The number of aromatic hydroxyl groups is 1. The first-order valence-corrected chi connectivity index (χ1v) is 11.5. The monoisotopic (exact) mass is 376 g/mol. The molecule has 0 amide bonds. The Morgan fingerprint density at radius 1 is 0.630 bits per heavy atom. The third-order valence-electron chi connectivity index (χ3n) is 5.64. The lowest BCUT2D eigenvalue weighted by Gasteiger charge is -2.09. The van der Waals surface area contributed by atoms with Gasteiger partial charge in [-0.2, -0.15) is 0 Å². The molecule has 0 heterocycles. The maximum absolute atomic E-state index is 9.77. The van der Waals surface area contributed by atoms with E-state index in [2.05, 4.69) is 6.92 Å². The Bertz CT molecular complexity index is 488. The second-order valence-electron chi connectivity index (χ2n) is 8.13. The molecule has 0 atom stereocenters. The average molecular weight is 377 g/mol. The Balaban J connectivity index is 1.85. The summed E-state index contributed by atoms with van der Waals surface area (Å²) in [6.45, 7) is 2.28. The molecule has 0 aromatic heterocycles. The maximum Gasteiger partial charge on any atom is 0.161 e. The summed E-state index contributed by atoms with van der Waals surface area (Å²) in [5.74, 6) is 0.0454. The van der Waals surface area contributed by atoms with Crippen molar-refractivity contribution in [1.29, 1.82) is 0 Å². The number of unbranched alkanes of at least 4 members (excludes halogenated alkanes) is 15. The molecule has 0 fully saturated rings. The Kier molecular flexibility index (Phi) is 13.7. The minimum Gasteiger partial charge on any atom is -0.504 e. The van der Waals surface area contributed by atoms with Gasteiger partial charge in [-0.1, -0.05) is 109 Å². The first kappa shape index (κ1) is 23.7. The van der Waals surface area contributed by atoms with Crippen LogP contribution in [0, 0.1) is 0 Å². The van der Waals surface area contributed by atoms with E-state index in [0.29, 0.717) is 11.4 Å². The van der Waals surface area contributed by atoms with Crippen LogP contribution >= 0.6 is 0 Å². The molecule has 0 aliphatic carbocycles. The third kappa shape index (κ3) is 11.1. The molecule has 1 rings (SSSR count). The Morgan fingerprint density at radius 2 is 1.04 bits per heavy atom. The summed E-state index contributed by atoms with van der Waals surface area (Å²) in [5.41, 5.74) is 13.4. The Labute approximate surface area is 167 Å². The molecule has 0 aliphatic rings. The molecule has 3 nitrogen and oxygen atoms in total. The van der Waals surface area contributed by atoms with Crippen molar-refractivity contribution in [3.05, 3.63) is 17.7 Å². The SMILES string of the molecule is CCCCCCCCCCCCCCCCCCc1ccc(N)c(O)c1N. The van der Waals surface area contributed by atoms with Gasteiger partial charge in [-0.15, -0.1) is 0 Å². The summed E-state index contributed by atoms with van der Waals surface area (Å²) in [7, 11) is 0. The maximum atomic E-state index is 9.77. The van der Waals surface area contributed by atoms with Crippen LogP contribution in [0.3, 0.4) is 0 Å². The van der Waals surface area contributed by atoms with E-state index >= 15 is 0 Å². The van der Waals surface area contributed by atoms with Crippen molar-refractivity contribution in [1.82, 2.24) is 0 Å². The van der Waals surface area contributed by atoms with E-state index in [4.69, 9.17) is 11.5 Å². The smallest absolute Gasteiger partial charge is 0.161 e. The minimum absolute atomic E-state index is 0.0454. The van der Waals surface area contributed by atoms with Crippen molar-refractivity contribution in [2.75, 3.05) is 11.5 Å². The number of phenolic OH excluding ortho intramolecular Hbond substituents is 1. The molecule has 5 N–H and O–H groups in total. The van der Waals surface area contributed by atoms with E-state index in [1.807, 2.05) is 6.07 Å². The number of aryl methyl sites for hydroxylation is 1. The van der Waals surface area contributed by atoms with Crippen molar-refractivity contribution in [2.24, 2.45) is 0 Å². The molecule has 1 aromatic rings. The van der Waals surface area contributed by atoms with Gasteiger partial charge in [0.1, 0.15) is 0 Å². The van der Waals surface area contributed by atoms with Gasteiger partial charge >= 0.3 is 0 Å². The Morgan fingerprint density at radius 3 is 1.48 bits per heavy atom. The fourth-order valence-corrected chi connectivity index (χ4v) is 3.75. The predicted molar refractivity (Wildman–Crippen MR) is 120 cm³/mol. The number of phenols is 1. The van der Waals surface area contributed by atoms with Crippen LogP contribution < -0.4 is 11.5 Å². The van der Waals surface area contributed by atoms with Gasteiger partial charge in [-0.3, -0.25) is 0 Å². The first-order chi connectivity index (χ1) is 13.2. The van der Waals surface area contributed by atoms with Gasteiger partial charge in [0.25, 0.3) is 0 Å². The topological polar surface area (TPSA) is 72.3 Å². The summed E-state index contributed by atoms with van der Waals surface area (Å²) in [6.07, 6.45) is 23.0. The highest BCUT2D eigenvalue weighted by molar-refractivity contribution is 5.69. The lowest BCUT2D eigenvalue weighted by atomic mass is 10.0. The Hall–Kier alpha value is -1.38. The number of nitrogens with two attached hydrogens (primary N) is 2. The molecule has 0 unspecified atom stereocenters. The van der Waals surface area contributed by atoms with Crippen molar-refractivity contribution < 1.29 is 5.11 Å². The van der Waals surface area contributed by atoms with Gasteiger partial charge < -0.3 is 16.6 Å². The molecule has 0 saturated carbocycles. The average Bonchev–Trinajstić information content (AvgIpc) is 2.67. The van der Waals surface area contributed by atoms with Crippen molar-refractivity contribution >= 4 is 11.4 Å². The van der Waals surface area contributed by atoms with E-state index in [-0.39, 0.29) is 5.75 Å². The normalized spacial score (nSPS) is 11.1. The highest BCUT2D eigenvalue weighted by Gasteiger charge is 2.07. The number of anilines is 2. The van der Waals surface area contributed by atoms with E-state index in [1.165, 1.54) is 96.3 Å². The van der Waals surface area contributed by atoms with E-state index in [0.717, 1.165) is 18.4 Å². The van der Waals surface area contributed by atoms with Crippen molar-refractivity contribution in [3.8, 4) is 5.75 Å². The van der Waals surface area contributed by atoms with E-state index in [1.54, 1.807) is 6.07 Å². The summed E-state index contributed by atoms with van der Waals surface area (Å²) in [5, 5.41) is 9.77. The van der Waals surface area contributed by atoms with Crippen molar-refractivity contribution in [3.63, 3.8) is 0 Å². The first-order valence-electron chi connectivity index (χ1n) is 11.5. The number of rotatable bonds is 17. The molecule has 1 aromatic carbocycles. The van der Waals surface area contributed by atoms with Gasteiger partial charge in [0.2, 0.25) is 0 Å². The molecule has 3 heteroatoms. The lowest BCUT2D eigenvalue weighted by molar-refractivity contribution is 0.479. The van der Waals surface area contributed by atoms with Crippen LogP contribution in [0.4, 0.5) is 11.4 Å². The number of nitrogen functional groups attached to an aromatic ring is 2. The molecule has 0 spiro atoms. The van der Waals surface area contributed by atoms with Crippen molar-refractivity contribution in [2.45, 2.75) is 116 Å². The highest BCUT2D eigenvalue weighted by Crippen LogP contribution is 2.31.